The number of hydrazone groups is 1. The number of fused-ring (bicyclic) bond motifs is 10. The second-order valence-corrected chi connectivity index (χ2v) is 8.67. The monoisotopic (exact) mass is 442 g/mol. The molecule has 0 radical (unpaired) electrons. The molecule has 7 rings (SSSR count). The highest BCUT2D eigenvalue weighted by atomic mass is 16.2. The second kappa shape index (κ2) is 6.65. The lowest BCUT2D eigenvalue weighted by Gasteiger charge is -2.05. The molecule has 0 saturated carbocycles. The van der Waals surface area contributed by atoms with Crippen molar-refractivity contribution in [1.29, 1.82) is 0 Å². The molecule has 6 nitrogen and oxygen atoms in total. The van der Waals surface area contributed by atoms with Crippen molar-refractivity contribution in [2.24, 2.45) is 5.10 Å². The van der Waals surface area contributed by atoms with Crippen LogP contribution in [0, 0.1) is 6.92 Å². The van der Waals surface area contributed by atoms with E-state index in [2.05, 4.69) is 15.1 Å². The summed E-state index contributed by atoms with van der Waals surface area (Å²) in [4.78, 5) is 34.4. The van der Waals surface area contributed by atoms with Gasteiger partial charge < -0.3 is 9.97 Å². The minimum Gasteiger partial charge on any atom is -0.353 e. The lowest BCUT2D eigenvalue weighted by atomic mass is 9.97. The number of aromatic nitrogens is 2. The number of hydrogen-bond donors (Lipinski definition) is 2. The van der Waals surface area contributed by atoms with E-state index in [9.17, 15) is 9.59 Å². The summed E-state index contributed by atoms with van der Waals surface area (Å²) in [6, 6.07) is 23.4. The molecule has 4 aromatic carbocycles. The van der Waals surface area contributed by atoms with Crippen molar-refractivity contribution in [3.63, 3.8) is 0 Å². The maximum atomic E-state index is 13.7. The molecule has 6 aromatic rings. The van der Waals surface area contributed by atoms with Crippen molar-refractivity contribution in [1.82, 2.24) is 15.0 Å². The predicted octanol–water partition coefficient (Wildman–Crippen LogP) is 5.89. The van der Waals surface area contributed by atoms with E-state index in [1.165, 1.54) is 0 Å². The van der Waals surface area contributed by atoms with Crippen LogP contribution in [0.4, 0.5) is 0 Å². The van der Waals surface area contributed by atoms with Gasteiger partial charge in [-0.15, -0.1) is 0 Å². The number of nitrogens with zero attached hydrogens (tertiary/aromatic N) is 2. The van der Waals surface area contributed by atoms with Crippen LogP contribution in [-0.2, 0) is 0 Å². The van der Waals surface area contributed by atoms with Gasteiger partial charge in [-0.05, 0) is 24.6 Å². The standard InChI is InChI=1S/C28H18N4O2/c1-15-10-12-16(13-11-15)14-29-32-27(33)23-21-17-6-2-4-8-19(17)30-25(21)26-22(24(23)28(32)34)18-7-3-5-9-20(18)31-26/h2-14,30-31H,1H3/b29-14+. The van der Waals surface area contributed by atoms with Crippen LogP contribution in [-0.4, -0.2) is 33.0 Å². The van der Waals surface area contributed by atoms with Crippen LogP contribution >= 0.6 is 0 Å². The third-order valence-corrected chi connectivity index (χ3v) is 6.62. The number of amides is 2. The normalized spacial score (nSPS) is 14.0. The number of hydrogen-bond acceptors (Lipinski definition) is 3. The highest BCUT2D eigenvalue weighted by Crippen LogP contribution is 2.43. The Balaban J connectivity index is 1.55. The molecule has 0 aliphatic carbocycles. The minimum absolute atomic E-state index is 0.399. The average Bonchev–Trinajstić information content (AvgIpc) is 3.49. The predicted molar refractivity (Wildman–Crippen MR) is 134 cm³/mol. The molecule has 162 valence electrons. The van der Waals surface area contributed by atoms with Crippen molar-refractivity contribution in [2.45, 2.75) is 6.92 Å². The number of benzene rings is 4. The summed E-state index contributed by atoms with van der Waals surface area (Å²) in [6.07, 6.45) is 1.56. The highest BCUT2D eigenvalue weighted by Gasteiger charge is 2.41. The number of H-pyrrole nitrogens is 2. The molecule has 0 fully saturated rings. The van der Waals surface area contributed by atoms with Crippen molar-refractivity contribution in [3.05, 3.63) is 95.1 Å². The average molecular weight is 442 g/mol. The Morgan fingerprint density at radius 2 is 1.21 bits per heavy atom. The maximum absolute atomic E-state index is 13.7. The molecule has 1 aliphatic heterocycles. The molecule has 3 heterocycles. The molecule has 2 aromatic heterocycles. The first-order valence-electron chi connectivity index (χ1n) is 11.1. The third-order valence-electron chi connectivity index (χ3n) is 6.62. The topological polar surface area (TPSA) is 81.3 Å². The summed E-state index contributed by atoms with van der Waals surface area (Å²) in [6.45, 7) is 2.00. The van der Waals surface area contributed by atoms with Gasteiger partial charge in [-0.3, -0.25) is 9.59 Å². The Morgan fingerprint density at radius 1 is 0.706 bits per heavy atom. The second-order valence-electron chi connectivity index (χ2n) is 8.67. The summed E-state index contributed by atoms with van der Waals surface area (Å²) in [5.41, 5.74) is 6.19. The fourth-order valence-electron chi connectivity index (χ4n) is 5.04. The van der Waals surface area contributed by atoms with Gasteiger partial charge in [0.2, 0.25) is 0 Å². The van der Waals surface area contributed by atoms with Gasteiger partial charge in [0.1, 0.15) is 0 Å². The van der Waals surface area contributed by atoms with Crippen LogP contribution < -0.4 is 0 Å². The van der Waals surface area contributed by atoms with Gasteiger partial charge in [-0.25, -0.2) is 0 Å². The number of carbonyl (C=O) groups is 2. The molecule has 0 bridgehead atoms. The zero-order valence-corrected chi connectivity index (χ0v) is 18.2. The summed E-state index contributed by atoms with van der Waals surface area (Å²) in [5, 5.41) is 8.62. The third kappa shape index (κ3) is 2.42. The van der Waals surface area contributed by atoms with E-state index >= 15 is 0 Å². The molecule has 1 aliphatic rings. The fraction of sp³-hybridized carbons (Fsp3) is 0.0357. The van der Waals surface area contributed by atoms with Crippen LogP contribution in [0.5, 0.6) is 0 Å². The van der Waals surface area contributed by atoms with Gasteiger partial charge in [-0.2, -0.15) is 10.1 Å². The van der Waals surface area contributed by atoms with Crippen molar-refractivity contribution in [3.8, 4) is 0 Å². The van der Waals surface area contributed by atoms with Gasteiger partial charge in [0.15, 0.2) is 0 Å². The number of aryl methyl sites for hydroxylation is 1. The zero-order valence-electron chi connectivity index (χ0n) is 18.2. The van der Waals surface area contributed by atoms with Gasteiger partial charge in [0, 0.05) is 32.6 Å². The number of aromatic amines is 2. The van der Waals surface area contributed by atoms with Crippen LogP contribution in [0.1, 0.15) is 31.8 Å². The number of nitrogens with one attached hydrogen (secondary N) is 2. The molecular formula is C28H18N4O2. The molecule has 2 N–H and O–H groups in total. The molecule has 34 heavy (non-hydrogen) atoms. The zero-order chi connectivity index (χ0) is 23.0. The smallest absolute Gasteiger partial charge is 0.283 e. The largest absolute Gasteiger partial charge is 0.353 e. The Hall–Kier alpha value is -4.71. The lowest BCUT2D eigenvalue weighted by molar-refractivity contribution is 0.0661. The van der Waals surface area contributed by atoms with E-state index in [-0.39, 0.29) is 0 Å². The van der Waals surface area contributed by atoms with Crippen molar-refractivity contribution >= 4 is 61.6 Å². The fourth-order valence-corrected chi connectivity index (χ4v) is 5.04. The van der Waals surface area contributed by atoms with E-state index in [1.807, 2.05) is 79.7 Å². The SMILES string of the molecule is Cc1ccc(/C=N/N2C(=O)c3c(c4c5ccccc5[nH]c4c4[nH]c5ccccc5c34)C2=O)cc1. The maximum Gasteiger partial charge on any atom is 0.283 e. The first-order chi connectivity index (χ1) is 16.6. The number of carbonyl (C=O) groups excluding carboxylic acids is 2. The number of para-hydroxylation sites is 2. The summed E-state index contributed by atoms with van der Waals surface area (Å²) >= 11 is 0. The highest BCUT2D eigenvalue weighted by molar-refractivity contribution is 6.39. The summed E-state index contributed by atoms with van der Waals surface area (Å²) in [7, 11) is 0. The van der Waals surface area contributed by atoms with E-state index < -0.39 is 11.8 Å². The lowest BCUT2D eigenvalue weighted by Crippen LogP contribution is -2.24. The summed E-state index contributed by atoms with van der Waals surface area (Å²) < 4.78 is 0. The summed E-state index contributed by atoms with van der Waals surface area (Å²) in [5.74, 6) is -0.824. The molecule has 0 spiro atoms. The minimum atomic E-state index is -0.412. The molecule has 6 heteroatoms. The Kier molecular flexibility index (Phi) is 3.68. The molecule has 2 amide bonds. The Labute approximate surface area is 193 Å². The van der Waals surface area contributed by atoms with Crippen LogP contribution in [0.2, 0.25) is 0 Å². The van der Waals surface area contributed by atoms with Crippen LogP contribution in [0.3, 0.4) is 0 Å². The number of imide groups is 1. The first kappa shape index (κ1) is 18.8. The number of rotatable bonds is 2. The van der Waals surface area contributed by atoms with Crippen LogP contribution in [0.25, 0.3) is 43.6 Å². The first-order valence-corrected chi connectivity index (χ1v) is 11.1. The van der Waals surface area contributed by atoms with Gasteiger partial charge in [0.25, 0.3) is 11.8 Å². The van der Waals surface area contributed by atoms with Crippen molar-refractivity contribution < 1.29 is 9.59 Å². The van der Waals surface area contributed by atoms with Gasteiger partial charge >= 0.3 is 0 Å². The molecule has 0 atom stereocenters. The molecular weight excluding hydrogens is 424 g/mol. The van der Waals surface area contributed by atoms with E-state index in [4.69, 9.17) is 0 Å². The van der Waals surface area contributed by atoms with Gasteiger partial charge in [-0.1, -0.05) is 66.2 Å². The quantitative estimate of drug-likeness (QED) is 0.259. The van der Waals surface area contributed by atoms with E-state index in [0.29, 0.717) is 11.1 Å². The van der Waals surface area contributed by atoms with E-state index in [1.54, 1.807) is 6.21 Å². The Morgan fingerprint density at radius 3 is 1.74 bits per heavy atom. The van der Waals surface area contributed by atoms with Crippen LogP contribution in [0.15, 0.2) is 77.9 Å². The van der Waals surface area contributed by atoms with E-state index in [0.717, 1.165) is 59.7 Å². The van der Waals surface area contributed by atoms with Crippen molar-refractivity contribution in [2.75, 3.05) is 0 Å². The van der Waals surface area contributed by atoms with Gasteiger partial charge in [0.05, 0.1) is 28.4 Å². The Bertz CT molecular complexity index is 1750. The molecule has 0 unspecified atom stereocenters. The molecule has 0 saturated heterocycles.